The minimum Gasteiger partial charge on any atom is -0.294 e. The molecule has 0 fully saturated rings. The standard InChI is InChI=1S/C19H13ClF3N3O3S/c1-2-30(28,29)17-7-15(20)11(8-24)5-12(17)9-26-10-25-16-4-3-13(19(21,22)23)6-14(16)18(26)27/h3-7,10H,2,9H2,1H3. The van der Waals surface area contributed by atoms with Crippen LogP contribution in [0.1, 0.15) is 23.6 Å². The highest BCUT2D eigenvalue weighted by Gasteiger charge is 2.31. The normalized spacial score (nSPS) is 12.1. The van der Waals surface area contributed by atoms with Crippen molar-refractivity contribution >= 4 is 32.3 Å². The fourth-order valence-corrected chi connectivity index (χ4v) is 4.29. The number of alkyl halides is 3. The minimum atomic E-state index is -4.64. The number of fused-ring (bicyclic) bond motifs is 1. The quantitative estimate of drug-likeness (QED) is 0.597. The van der Waals surface area contributed by atoms with Crippen molar-refractivity contribution in [2.75, 3.05) is 5.75 Å². The zero-order valence-electron chi connectivity index (χ0n) is 15.4. The van der Waals surface area contributed by atoms with Crippen LogP contribution in [0.25, 0.3) is 10.9 Å². The van der Waals surface area contributed by atoms with Gasteiger partial charge in [0.1, 0.15) is 6.07 Å². The van der Waals surface area contributed by atoms with E-state index in [1.807, 2.05) is 6.07 Å². The van der Waals surface area contributed by atoms with Crippen LogP contribution < -0.4 is 5.56 Å². The van der Waals surface area contributed by atoms with Gasteiger partial charge in [-0.15, -0.1) is 0 Å². The van der Waals surface area contributed by atoms with Gasteiger partial charge in [-0.05, 0) is 35.9 Å². The van der Waals surface area contributed by atoms with E-state index in [1.54, 1.807) is 0 Å². The van der Waals surface area contributed by atoms with Crippen molar-refractivity contribution in [1.82, 2.24) is 9.55 Å². The Morgan fingerprint density at radius 3 is 2.53 bits per heavy atom. The van der Waals surface area contributed by atoms with E-state index in [1.165, 1.54) is 13.0 Å². The summed E-state index contributed by atoms with van der Waals surface area (Å²) in [6, 6.07) is 6.82. The van der Waals surface area contributed by atoms with Crippen LogP contribution in [0.4, 0.5) is 13.2 Å². The molecule has 0 unspecified atom stereocenters. The van der Waals surface area contributed by atoms with E-state index in [0.717, 1.165) is 29.1 Å². The van der Waals surface area contributed by atoms with Gasteiger partial charge in [-0.3, -0.25) is 9.36 Å². The van der Waals surface area contributed by atoms with Crippen molar-refractivity contribution in [3.05, 3.63) is 68.7 Å². The Hall–Kier alpha value is -2.90. The summed E-state index contributed by atoms with van der Waals surface area (Å²) in [5.41, 5.74) is -1.60. The van der Waals surface area contributed by atoms with E-state index in [0.29, 0.717) is 6.07 Å². The molecule has 0 saturated carbocycles. The molecule has 156 valence electrons. The van der Waals surface area contributed by atoms with Crippen molar-refractivity contribution in [1.29, 1.82) is 5.26 Å². The molecule has 11 heteroatoms. The summed E-state index contributed by atoms with van der Waals surface area (Å²) in [5.74, 6) is -0.248. The van der Waals surface area contributed by atoms with Crippen molar-refractivity contribution < 1.29 is 21.6 Å². The summed E-state index contributed by atoms with van der Waals surface area (Å²) < 4.78 is 64.9. The van der Waals surface area contributed by atoms with Gasteiger partial charge >= 0.3 is 6.18 Å². The molecule has 1 aromatic heterocycles. The molecule has 1 heterocycles. The first-order valence-electron chi connectivity index (χ1n) is 8.49. The number of nitriles is 1. The third kappa shape index (κ3) is 4.04. The number of benzene rings is 2. The predicted octanol–water partition coefficient (Wildman–Crippen LogP) is 3.78. The second-order valence-electron chi connectivity index (χ2n) is 6.36. The molecule has 0 radical (unpaired) electrons. The molecular weight excluding hydrogens is 443 g/mol. The Morgan fingerprint density at radius 2 is 1.93 bits per heavy atom. The average molecular weight is 456 g/mol. The van der Waals surface area contributed by atoms with Crippen molar-refractivity contribution in [3.63, 3.8) is 0 Å². The van der Waals surface area contributed by atoms with Gasteiger partial charge in [-0.1, -0.05) is 18.5 Å². The molecule has 0 aliphatic rings. The number of sulfone groups is 1. The van der Waals surface area contributed by atoms with Gasteiger partial charge in [-0.2, -0.15) is 18.4 Å². The smallest absolute Gasteiger partial charge is 0.294 e. The van der Waals surface area contributed by atoms with Gasteiger partial charge in [0.15, 0.2) is 9.84 Å². The molecule has 3 rings (SSSR count). The van der Waals surface area contributed by atoms with Crippen LogP contribution >= 0.6 is 11.6 Å². The van der Waals surface area contributed by atoms with Crippen LogP contribution in [0.15, 0.2) is 46.3 Å². The first kappa shape index (κ1) is 21.8. The van der Waals surface area contributed by atoms with Crippen molar-refractivity contribution in [3.8, 4) is 6.07 Å². The fourth-order valence-electron chi connectivity index (χ4n) is 2.89. The summed E-state index contributed by atoms with van der Waals surface area (Å²) in [5, 5.41) is 8.87. The highest BCUT2D eigenvalue weighted by Crippen LogP contribution is 2.30. The molecule has 0 N–H and O–H groups in total. The highest BCUT2D eigenvalue weighted by molar-refractivity contribution is 7.91. The Labute approximate surface area is 174 Å². The first-order valence-corrected chi connectivity index (χ1v) is 10.5. The summed E-state index contributed by atoms with van der Waals surface area (Å²) in [4.78, 5) is 16.6. The molecule has 3 aromatic rings. The molecule has 2 aromatic carbocycles. The Bertz CT molecular complexity index is 1360. The SMILES string of the molecule is CCS(=O)(=O)c1cc(Cl)c(C#N)cc1Cn1cnc2ccc(C(F)(F)F)cc2c1=O. The monoisotopic (exact) mass is 455 g/mol. The van der Waals surface area contributed by atoms with E-state index in [-0.39, 0.29) is 44.2 Å². The largest absolute Gasteiger partial charge is 0.416 e. The number of nitrogens with zero attached hydrogens (tertiary/aromatic N) is 3. The molecule has 30 heavy (non-hydrogen) atoms. The van der Waals surface area contributed by atoms with E-state index in [9.17, 15) is 31.6 Å². The van der Waals surface area contributed by atoms with Crippen molar-refractivity contribution in [2.24, 2.45) is 0 Å². The summed E-state index contributed by atoms with van der Waals surface area (Å²) in [6.45, 7) is 1.10. The van der Waals surface area contributed by atoms with E-state index >= 15 is 0 Å². The van der Waals surface area contributed by atoms with Gasteiger partial charge in [0.25, 0.3) is 5.56 Å². The summed E-state index contributed by atoms with van der Waals surface area (Å²) >= 11 is 5.96. The zero-order valence-corrected chi connectivity index (χ0v) is 16.9. The molecule has 0 amide bonds. The Morgan fingerprint density at radius 1 is 1.23 bits per heavy atom. The molecule has 0 atom stereocenters. The van der Waals surface area contributed by atoms with Crippen LogP contribution in [0, 0.1) is 11.3 Å². The number of halogens is 4. The van der Waals surface area contributed by atoms with Gasteiger partial charge in [-0.25, -0.2) is 13.4 Å². The zero-order chi connectivity index (χ0) is 22.3. The van der Waals surface area contributed by atoms with E-state index < -0.39 is 27.1 Å². The summed E-state index contributed by atoms with van der Waals surface area (Å²) in [7, 11) is -3.76. The topological polar surface area (TPSA) is 92.8 Å². The van der Waals surface area contributed by atoms with Gasteiger partial charge in [0, 0.05) is 0 Å². The van der Waals surface area contributed by atoms with Crippen LogP contribution in [0.5, 0.6) is 0 Å². The lowest BCUT2D eigenvalue weighted by molar-refractivity contribution is -0.137. The third-order valence-electron chi connectivity index (χ3n) is 4.48. The Kier molecular flexibility index (Phi) is 5.62. The number of rotatable bonds is 4. The second-order valence-corrected chi connectivity index (χ2v) is 9.02. The second kappa shape index (κ2) is 7.74. The van der Waals surface area contributed by atoms with E-state index in [2.05, 4.69) is 4.98 Å². The third-order valence-corrected chi connectivity index (χ3v) is 6.60. The lowest BCUT2D eigenvalue weighted by Crippen LogP contribution is -2.23. The lowest BCUT2D eigenvalue weighted by atomic mass is 10.1. The molecule has 6 nitrogen and oxygen atoms in total. The molecular formula is C19H13ClF3N3O3S. The fraction of sp³-hybridized carbons (Fsp3) is 0.211. The Balaban J connectivity index is 2.20. The predicted molar refractivity (Wildman–Crippen MR) is 104 cm³/mol. The van der Waals surface area contributed by atoms with Crippen LogP contribution in [-0.4, -0.2) is 23.7 Å². The van der Waals surface area contributed by atoms with E-state index in [4.69, 9.17) is 11.6 Å². The van der Waals surface area contributed by atoms with Crippen molar-refractivity contribution in [2.45, 2.75) is 24.5 Å². The molecule has 0 saturated heterocycles. The maximum atomic E-state index is 13.0. The highest BCUT2D eigenvalue weighted by atomic mass is 35.5. The maximum Gasteiger partial charge on any atom is 0.416 e. The first-order chi connectivity index (χ1) is 14.0. The van der Waals surface area contributed by atoms with Gasteiger partial charge in [0.2, 0.25) is 0 Å². The number of aromatic nitrogens is 2. The van der Waals surface area contributed by atoms with Gasteiger partial charge in [0.05, 0.1) is 50.6 Å². The average Bonchev–Trinajstić information content (AvgIpc) is 2.70. The number of hydrogen-bond acceptors (Lipinski definition) is 5. The molecule has 0 aliphatic carbocycles. The molecule has 0 aliphatic heterocycles. The molecule has 0 bridgehead atoms. The summed E-state index contributed by atoms with van der Waals surface area (Å²) in [6.07, 6.45) is -3.53. The number of hydrogen-bond donors (Lipinski definition) is 0. The van der Waals surface area contributed by atoms with Crippen LogP contribution in [-0.2, 0) is 22.6 Å². The lowest BCUT2D eigenvalue weighted by Gasteiger charge is -2.13. The maximum absolute atomic E-state index is 13.0. The van der Waals surface area contributed by atoms with Gasteiger partial charge < -0.3 is 0 Å². The molecule has 0 spiro atoms. The minimum absolute atomic E-state index is 0.00266. The van der Waals surface area contributed by atoms with Crippen LogP contribution in [0.2, 0.25) is 5.02 Å². The van der Waals surface area contributed by atoms with Crippen LogP contribution in [0.3, 0.4) is 0 Å².